The fourth-order valence-corrected chi connectivity index (χ4v) is 3.52. The van der Waals surface area contributed by atoms with Gasteiger partial charge in [-0.1, -0.05) is 6.07 Å². The summed E-state index contributed by atoms with van der Waals surface area (Å²) in [7, 11) is 0. The average molecular weight is 336 g/mol. The van der Waals surface area contributed by atoms with Crippen LogP contribution in [0.25, 0.3) is 0 Å². The zero-order valence-corrected chi connectivity index (χ0v) is 13.9. The maximum Gasteiger partial charge on any atom is 0.228 e. The van der Waals surface area contributed by atoms with Crippen LogP contribution < -0.4 is 0 Å². The Labute approximate surface area is 146 Å². The highest BCUT2D eigenvalue weighted by molar-refractivity contribution is 5.89. The van der Waals surface area contributed by atoms with E-state index in [0.29, 0.717) is 38.5 Å². The zero-order chi connectivity index (χ0) is 17.2. The van der Waals surface area contributed by atoms with Gasteiger partial charge in [-0.05, 0) is 29.8 Å². The van der Waals surface area contributed by atoms with Crippen molar-refractivity contribution in [2.75, 3.05) is 19.6 Å². The standard InChI is InChI=1S/C19H20N4O2/c24-18-9-15(11-22(18)10-14-4-7-20-8-5-14)19(25)23-12-16(13-23)17-3-1-2-6-21-17/h1-8,15-16H,9-13H2. The number of hydrogen-bond acceptors (Lipinski definition) is 4. The van der Waals surface area contributed by atoms with E-state index < -0.39 is 0 Å². The SMILES string of the molecule is O=C1CC(C(=O)N2CC(c3ccccn3)C2)CN1Cc1ccncc1. The van der Waals surface area contributed by atoms with Crippen LogP contribution in [0.5, 0.6) is 0 Å². The quantitative estimate of drug-likeness (QED) is 0.848. The molecule has 4 heterocycles. The Hall–Kier alpha value is -2.76. The average Bonchev–Trinajstić information content (AvgIpc) is 2.96. The summed E-state index contributed by atoms with van der Waals surface area (Å²) in [6.07, 6.45) is 5.54. The molecular weight excluding hydrogens is 316 g/mol. The monoisotopic (exact) mass is 336 g/mol. The normalized spacial score (nSPS) is 20.6. The van der Waals surface area contributed by atoms with Crippen LogP contribution in [0.3, 0.4) is 0 Å². The molecule has 1 atom stereocenters. The Morgan fingerprint density at radius 2 is 1.88 bits per heavy atom. The Bertz CT molecular complexity index is 760. The lowest BCUT2D eigenvalue weighted by Crippen LogP contribution is -2.51. The van der Waals surface area contributed by atoms with E-state index >= 15 is 0 Å². The Kier molecular flexibility index (Phi) is 4.17. The molecule has 25 heavy (non-hydrogen) atoms. The van der Waals surface area contributed by atoms with E-state index in [2.05, 4.69) is 9.97 Å². The van der Waals surface area contributed by atoms with Crippen molar-refractivity contribution < 1.29 is 9.59 Å². The molecule has 2 amide bonds. The molecule has 6 nitrogen and oxygen atoms in total. The van der Waals surface area contributed by atoms with Crippen LogP contribution in [0.2, 0.25) is 0 Å². The highest BCUT2D eigenvalue weighted by atomic mass is 16.2. The highest BCUT2D eigenvalue weighted by Gasteiger charge is 2.40. The molecule has 0 aromatic carbocycles. The van der Waals surface area contributed by atoms with Crippen LogP contribution >= 0.6 is 0 Å². The molecule has 0 bridgehead atoms. The maximum atomic E-state index is 12.7. The Morgan fingerprint density at radius 1 is 1.08 bits per heavy atom. The lowest BCUT2D eigenvalue weighted by Gasteiger charge is -2.40. The first-order chi connectivity index (χ1) is 12.2. The lowest BCUT2D eigenvalue weighted by molar-refractivity contribution is -0.140. The number of carbonyl (C=O) groups is 2. The molecule has 4 rings (SSSR count). The first-order valence-electron chi connectivity index (χ1n) is 8.57. The van der Waals surface area contributed by atoms with Crippen molar-refractivity contribution in [1.29, 1.82) is 0 Å². The molecule has 0 radical (unpaired) electrons. The Morgan fingerprint density at radius 3 is 2.60 bits per heavy atom. The van der Waals surface area contributed by atoms with Crippen LogP contribution in [0, 0.1) is 5.92 Å². The fourth-order valence-electron chi connectivity index (χ4n) is 3.52. The van der Waals surface area contributed by atoms with Crippen molar-refractivity contribution in [3.05, 3.63) is 60.2 Å². The minimum Gasteiger partial charge on any atom is -0.341 e. The summed E-state index contributed by atoms with van der Waals surface area (Å²) in [6.45, 7) is 2.45. The lowest BCUT2D eigenvalue weighted by atomic mass is 9.93. The first-order valence-corrected chi connectivity index (χ1v) is 8.57. The molecule has 2 aromatic rings. The van der Waals surface area contributed by atoms with Gasteiger partial charge in [0.1, 0.15) is 0 Å². The van der Waals surface area contributed by atoms with E-state index in [-0.39, 0.29) is 17.7 Å². The van der Waals surface area contributed by atoms with Gasteiger partial charge in [-0.25, -0.2) is 0 Å². The minimum absolute atomic E-state index is 0.0527. The molecule has 2 aromatic heterocycles. The maximum absolute atomic E-state index is 12.7. The van der Waals surface area contributed by atoms with Gasteiger partial charge < -0.3 is 9.80 Å². The summed E-state index contributed by atoms with van der Waals surface area (Å²) >= 11 is 0. The van der Waals surface area contributed by atoms with Gasteiger partial charge in [0.05, 0.1) is 5.92 Å². The number of amides is 2. The van der Waals surface area contributed by atoms with Gasteiger partial charge >= 0.3 is 0 Å². The van der Waals surface area contributed by atoms with E-state index in [4.69, 9.17) is 0 Å². The molecule has 2 fully saturated rings. The van der Waals surface area contributed by atoms with Crippen molar-refractivity contribution in [2.45, 2.75) is 18.9 Å². The van der Waals surface area contributed by atoms with E-state index in [9.17, 15) is 9.59 Å². The first kappa shape index (κ1) is 15.7. The molecule has 128 valence electrons. The van der Waals surface area contributed by atoms with Crippen LogP contribution in [-0.4, -0.2) is 51.2 Å². The second-order valence-electron chi connectivity index (χ2n) is 6.73. The molecule has 2 saturated heterocycles. The number of nitrogens with zero attached hydrogens (tertiary/aromatic N) is 4. The molecule has 0 N–H and O–H groups in total. The minimum atomic E-state index is -0.223. The molecule has 0 aliphatic carbocycles. The van der Waals surface area contributed by atoms with E-state index in [0.717, 1.165) is 11.3 Å². The van der Waals surface area contributed by atoms with Crippen molar-refractivity contribution in [3.63, 3.8) is 0 Å². The van der Waals surface area contributed by atoms with E-state index in [1.54, 1.807) is 23.5 Å². The number of pyridine rings is 2. The third-order valence-electron chi connectivity index (χ3n) is 4.99. The van der Waals surface area contributed by atoms with Gasteiger partial charge in [0.2, 0.25) is 11.8 Å². The van der Waals surface area contributed by atoms with Gasteiger partial charge in [-0.2, -0.15) is 0 Å². The Balaban J connectivity index is 1.33. The van der Waals surface area contributed by atoms with Crippen LogP contribution in [-0.2, 0) is 16.1 Å². The van der Waals surface area contributed by atoms with Gasteiger partial charge in [0.25, 0.3) is 0 Å². The summed E-state index contributed by atoms with van der Waals surface area (Å²) in [5.41, 5.74) is 2.07. The summed E-state index contributed by atoms with van der Waals surface area (Å²) in [5.74, 6) is 0.240. The second kappa shape index (κ2) is 6.63. The van der Waals surface area contributed by atoms with E-state index in [1.165, 1.54) is 0 Å². The number of carbonyl (C=O) groups excluding carboxylic acids is 2. The molecule has 1 unspecified atom stereocenters. The summed E-state index contributed by atoms with van der Waals surface area (Å²) in [5, 5.41) is 0. The van der Waals surface area contributed by atoms with Crippen LogP contribution in [0.4, 0.5) is 0 Å². The summed E-state index contributed by atoms with van der Waals surface area (Å²) in [6, 6.07) is 9.67. The highest BCUT2D eigenvalue weighted by Crippen LogP contribution is 2.29. The largest absolute Gasteiger partial charge is 0.341 e. The number of aromatic nitrogens is 2. The fraction of sp³-hybridized carbons (Fsp3) is 0.368. The van der Waals surface area contributed by atoms with Gasteiger partial charge in [0, 0.05) is 62.8 Å². The van der Waals surface area contributed by atoms with Crippen LogP contribution in [0.15, 0.2) is 48.9 Å². The molecule has 2 aliphatic heterocycles. The molecule has 2 aliphatic rings. The van der Waals surface area contributed by atoms with E-state index in [1.807, 2.05) is 35.2 Å². The third-order valence-corrected chi connectivity index (χ3v) is 4.99. The summed E-state index contributed by atoms with van der Waals surface area (Å²) < 4.78 is 0. The smallest absolute Gasteiger partial charge is 0.228 e. The molecule has 0 spiro atoms. The number of rotatable bonds is 4. The zero-order valence-electron chi connectivity index (χ0n) is 13.9. The number of hydrogen-bond donors (Lipinski definition) is 0. The molecule has 6 heteroatoms. The topological polar surface area (TPSA) is 66.4 Å². The predicted molar refractivity (Wildman–Crippen MR) is 91.3 cm³/mol. The predicted octanol–water partition coefficient (Wildman–Crippen LogP) is 1.45. The number of likely N-dealkylation sites (tertiary alicyclic amines) is 2. The van der Waals surface area contributed by atoms with Crippen molar-refractivity contribution >= 4 is 11.8 Å². The van der Waals surface area contributed by atoms with Crippen molar-refractivity contribution in [3.8, 4) is 0 Å². The van der Waals surface area contributed by atoms with Crippen molar-refractivity contribution in [2.24, 2.45) is 5.92 Å². The van der Waals surface area contributed by atoms with Gasteiger partial charge in [0.15, 0.2) is 0 Å². The van der Waals surface area contributed by atoms with Crippen molar-refractivity contribution in [1.82, 2.24) is 19.8 Å². The third kappa shape index (κ3) is 3.24. The van der Waals surface area contributed by atoms with Crippen LogP contribution in [0.1, 0.15) is 23.6 Å². The van der Waals surface area contributed by atoms with Gasteiger partial charge in [-0.3, -0.25) is 19.6 Å². The van der Waals surface area contributed by atoms with Gasteiger partial charge in [-0.15, -0.1) is 0 Å². The summed E-state index contributed by atoms with van der Waals surface area (Å²) in [4.78, 5) is 36.9. The second-order valence-corrected chi connectivity index (χ2v) is 6.73. The molecule has 0 saturated carbocycles. The molecular formula is C19H20N4O2.